The van der Waals surface area contributed by atoms with Gasteiger partial charge in [-0.3, -0.25) is 4.79 Å². The molecule has 33 heavy (non-hydrogen) atoms. The molecule has 0 bridgehead atoms. The standard InChI is InChI=1S/C21H17ClN6O4S/c1-14(19-25-13-26-28(19)21-23-8-5-9-24-21)27-20(29)15-10-16(22)12-17(11-15)32-33(30,31)18-6-3-2-4-7-18/h2-14H,1H3,(H,27,29). The molecular weight excluding hydrogens is 468 g/mol. The van der Waals surface area contributed by atoms with E-state index in [-0.39, 0.29) is 21.2 Å². The molecule has 0 saturated carbocycles. The molecule has 2 aromatic heterocycles. The first-order valence-electron chi connectivity index (χ1n) is 9.62. The fraction of sp³-hybridized carbons (Fsp3) is 0.0952. The predicted molar refractivity (Wildman–Crippen MR) is 119 cm³/mol. The predicted octanol–water partition coefficient (Wildman–Crippen LogP) is 2.97. The van der Waals surface area contributed by atoms with E-state index in [0.717, 1.165) is 0 Å². The van der Waals surface area contributed by atoms with Crippen LogP contribution in [0.3, 0.4) is 0 Å². The lowest BCUT2D eigenvalue weighted by atomic mass is 10.2. The number of amides is 1. The number of carbonyl (C=O) groups excluding carboxylic acids is 1. The summed E-state index contributed by atoms with van der Waals surface area (Å²) >= 11 is 6.11. The SMILES string of the molecule is CC(NC(=O)c1cc(Cl)cc(OS(=O)(=O)c2ccccc2)c1)c1ncnn1-c1ncccn1. The van der Waals surface area contributed by atoms with Crippen molar-refractivity contribution in [2.75, 3.05) is 0 Å². The van der Waals surface area contributed by atoms with Gasteiger partial charge in [0.25, 0.3) is 11.9 Å². The zero-order valence-corrected chi connectivity index (χ0v) is 18.7. The summed E-state index contributed by atoms with van der Waals surface area (Å²) < 4.78 is 31.6. The van der Waals surface area contributed by atoms with Crippen molar-refractivity contribution in [2.45, 2.75) is 17.9 Å². The summed E-state index contributed by atoms with van der Waals surface area (Å²) in [6.45, 7) is 1.71. The van der Waals surface area contributed by atoms with Crippen LogP contribution in [-0.2, 0) is 10.1 Å². The summed E-state index contributed by atoms with van der Waals surface area (Å²) in [7, 11) is -4.09. The second-order valence-corrected chi connectivity index (χ2v) is 8.78. The minimum atomic E-state index is -4.09. The second kappa shape index (κ2) is 9.35. The Kier molecular flexibility index (Phi) is 6.33. The third kappa shape index (κ3) is 5.16. The molecule has 0 aliphatic carbocycles. The van der Waals surface area contributed by atoms with E-state index in [2.05, 4.69) is 25.4 Å². The van der Waals surface area contributed by atoms with E-state index in [1.807, 2.05) is 0 Å². The molecule has 4 rings (SSSR count). The Hall–Kier alpha value is -3.83. The van der Waals surface area contributed by atoms with Gasteiger partial charge in [-0.25, -0.2) is 15.0 Å². The summed E-state index contributed by atoms with van der Waals surface area (Å²) in [5.41, 5.74) is 0.106. The van der Waals surface area contributed by atoms with Crippen LogP contribution in [0.1, 0.15) is 29.1 Å². The number of rotatable bonds is 7. The van der Waals surface area contributed by atoms with Gasteiger partial charge in [-0.05, 0) is 37.3 Å². The lowest BCUT2D eigenvalue weighted by Gasteiger charge is -2.15. The van der Waals surface area contributed by atoms with Gasteiger partial charge in [0.15, 0.2) is 5.82 Å². The maximum absolute atomic E-state index is 12.9. The van der Waals surface area contributed by atoms with E-state index in [0.29, 0.717) is 11.8 Å². The molecule has 1 unspecified atom stereocenters. The third-order valence-electron chi connectivity index (χ3n) is 4.42. The molecule has 10 nitrogen and oxygen atoms in total. The summed E-state index contributed by atoms with van der Waals surface area (Å²) in [6.07, 6.45) is 4.45. The van der Waals surface area contributed by atoms with Crippen molar-refractivity contribution in [1.82, 2.24) is 30.0 Å². The van der Waals surface area contributed by atoms with Gasteiger partial charge >= 0.3 is 10.1 Å². The van der Waals surface area contributed by atoms with E-state index < -0.39 is 22.1 Å². The van der Waals surface area contributed by atoms with Gasteiger partial charge in [0.2, 0.25) is 0 Å². The van der Waals surface area contributed by atoms with Crippen LogP contribution >= 0.6 is 11.6 Å². The molecule has 0 spiro atoms. The highest BCUT2D eigenvalue weighted by atomic mass is 35.5. The maximum Gasteiger partial charge on any atom is 0.339 e. The summed E-state index contributed by atoms with van der Waals surface area (Å²) in [4.78, 5) is 25.3. The quantitative estimate of drug-likeness (QED) is 0.396. The fourth-order valence-corrected chi connectivity index (χ4v) is 4.11. The van der Waals surface area contributed by atoms with Crippen molar-refractivity contribution in [3.63, 3.8) is 0 Å². The Morgan fingerprint density at radius 2 is 1.79 bits per heavy atom. The van der Waals surface area contributed by atoms with Crippen LogP contribution in [0.15, 0.2) is 78.2 Å². The number of carbonyl (C=O) groups is 1. The van der Waals surface area contributed by atoms with Gasteiger partial charge in [-0.15, -0.1) is 0 Å². The van der Waals surface area contributed by atoms with E-state index in [1.54, 1.807) is 43.6 Å². The smallest absolute Gasteiger partial charge is 0.339 e. The Morgan fingerprint density at radius 1 is 1.06 bits per heavy atom. The van der Waals surface area contributed by atoms with E-state index in [1.165, 1.54) is 41.3 Å². The second-order valence-electron chi connectivity index (χ2n) is 6.80. The van der Waals surface area contributed by atoms with Gasteiger partial charge in [-0.2, -0.15) is 18.2 Å². The lowest BCUT2D eigenvalue weighted by Crippen LogP contribution is -2.29. The van der Waals surface area contributed by atoms with Crippen LogP contribution in [0.25, 0.3) is 5.95 Å². The number of nitrogens with one attached hydrogen (secondary N) is 1. The Morgan fingerprint density at radius 3 is 2.52 bits per heavy atom. The van der Waals surface area contributed by atoms with Gasteiger partial charge in [-0.1, -0.05) is 29.8 Å². The molecule has 0 radical (unpaired) electrons. The van der Waals surface area contributed by atoms with Crippen molar-refractivity contribution in [3.8, 4) is 11.7 Å². The molecule has 2 heterocycles. The van der Waals surface area contributed by atoms with Gasteiger partial charge in [0.05, 0.1) is 6.04 Å². The molecule has 12 heteroatoms. The first-order chi connectivity index (χ1) is 15.8. The average Bonchev–Trinajstić information content (AvgIpc) is 3.30. The number of hydrogen-bond acceptors (Lipinski definition) is 8. The molecule has 168 valence electrons. The number of halogens is 1. The first-order valence-corrected chi connectivity index (χ1v) is 11.4. The Bertz CT molecular complexity index is 1380. The molecule has 0 fully saturated rings. The zero-order valence-electron chi connectivity index (χ0n) is 17.2. The number of benzene rings is 2. The number of hydrogen-bond donors (Lipinski definition) is 1. The summed E-state index contributed by atoms with van der Waals surface area (Å²) in [5.74, 6) is 0.0934. The van der Waals surface area contributed by atoms with Crippen molar-refractivity contribution in [2.24, 2.45) is 0 Å². The van der Waals surface area contributed by atoms with Gasteiger partial charge < -0.3 is 9.50 Å². The van der Waals surface area contributed by atoms with E-state index >= 15 is 0 Å². The highest BCUT2D eigenvalue weighted by Crippen LogP contribution is 2.25. The highest BCUT2D eigenvalue weighted by Gasteiger charge is 2.21. The van der Waals surface area contributed by atoms with Crippen LogP contribution in [-0.4, -0.2) is 39.1 Å². The topological polar surface area (TPSA) is 129 Å². The van der Waals surface area contributed by atoms with Crippen molar-refractivity contribution in [3.05, 3.63) is 89.7 Å². The maximum atomic E-state index is 12.9. The fourth-order valence-electron chi connectivity index (χ4n) is 2.95. The molecule has 1 amide bonds. The van der Waals surface area contributed by atoms with E-state index in [9.17, 15) is 13.2 Å². The molecule has 1 atom stereocenters. The molecule has 4 aromatic rings. The molecule has 2 aromatic carbocycles. The first kappa shape index (κ1) is 22.4. The highest BCUT2D eigenvalue weighted by molar-refractivity contribution is 7.87. The minimum Gasteiger partial charge on any atom is -0.379 e. The van der Waals surface area contributed by atoms with Crippen LogP contribution in [0.5, 0.6) is 5.75 Å². The van der Waals surface area contributed by atoms with Crippen molar-refractivity contribution >= 4 is 27.6 Å². The lowest BCUT2D eigenvalue weighted by molar-refractivity contribution is 0.0937. The Labute approximate surface area is 194 Å². The number of nitrogens with zero attached hydrogens (tertiary/aromatic N) is 5. The van der Waals surface area contributed by atoms with Gasteiger partial charge in [0.1, 0.15) is 17.0 Å². The summed E-state index contributed by atoms with van der Waals surface area (Å²) in [6, 6.07) is 12.7. The molecule has 0 aliphatic heterocycles. The van der Waals surface area contributed by atoms with Crippen molar-refractivity contribution < 1.29 is 17.4 Å². The van der Waals surface area contributed by atoms with Gasteiger partial charge in [0, 0.05) is 29.0 Å². The minimum absolute atomic E-state index is 0.0212. The van der Waals surface area contributed by atoms with Crippen molar-refractivity contribution in [1.29, 1.82) is 0 Å². The van der Waals surface area contributed by atoms with Crippen LogP contribution in [0, 0.1) is 0 Å². The van der Waals surface area contributed by atoms with Crippen LogP contribution in [0.2, 0.25) is 5.02 Å². The van der Waals surface area contributed by atoms with E-state index in [4.69, 9.17) is 15.8 Å². The molecule has 0 aliphatic rings. The summed E-state index contributed by atoms with van der Waals surface area (Å²) in [5, 5.41) is 7.02. The zero-order chi connectivity index (χ0) is 23.4. The molecule has 1 N–H and O–H groups in total. The number of aromatic nitrogens is 5. The van der Waals surface area contributed by atoms with Crippen LogP contribution < -0.4 is 9.50 Å². The normalized spacial score (nSPS) is 12.2. The molecular formula is C21H17ClN6O4S. The third-order valence-corrected chi connectivity index (χ3v) is 5.90. The molecule has 0 saturated heterocycles. The van der Waals surface area contributed by atoms with Crippen LogP contribution in [0.4, 0.5) is 0 Å². The monoisotopic (exact) mass is 484 g/mol. The largest absolute Gasteiger partial charge is 0.379 e. The average molecular weight is 485 g/mol. The Balaban J connectivity index is 1.54.